The van der Waals surface area contributed by atoms with Gasteiger partial charge >= 0.3 is 5.97 Å². The predicted molar refractivity (Wildman–Crippen MR) is 109 cm³/mol. The maximum Gasteiger partial charge on any atom is 0.335 e. The van der Waals surface area contributed by atoms with Gasteiger partial charge in [0.2, 0.25) is 5.91 Å². The maximum absolute atomic E-state index is 12.3. The van der Waals surface area contributed by atoms with Gasteiger partial charge in [0.05, 0.1) is 5.56 Å². The van der Waals surface area contributed by atoms with Crippen LogP contribution >= 0.6 is 0 Å². The van der Waals surface area contributed by atoms with E-state index in [2.05, 4.69) is 48.3 Å². The summed E-state index contributed by atoms with van der Waals surface area (Å²) in [5.74, 6) is -0.917. The minimum Gasteiger partial charge on any atom is -0.478 e. The number of nitrogens with zero attached hydrogens (tertiary/aromatic N) is 1. The van der Waals surface area contributed by atoms with Gasteiger partial charge in [0.15, 0.2) is 0 Å². The van der Waals surface area contributed by atoms with E-state index in [1.807, 2.05) is 0 Å². The molecule has 1 aliphatic rings. The van der Waals surface area contributed by atoms with E-state index in [0.717, 1.165) is 25.1 Å². The second-order valence-corrected chi connectivity index (χ2v) is 8.03. The largest absolute Gasteiger partial charge is 0.478 e. The van der Waals surface area contributed by atoms with Crippen LogP contribution < -0.4 is 5.32 Å². The first-order valence-electron chi connectivity index (χ1n) is 9.76. The predicted octanol–water partition coefficient (Wildman–Crippen LogP) is 3.27. The number of amides is 1. The van der Waals surface area contributed by atoms with Crippen LogP contribution in [0.4, 0.5) is 0 Å². The van der Waals surface area contributed by atoms with Crippen molar-refractivity contribution >= 4 is 11.9 Å². The number of carbonyl (C=O) groups excluding carboxylic acids is 1. The number of hydrogen-bond donors (Lipinski definition) is 2. The molecule has 0 spiro atoms. The fraction of sp³-hybridized carbons (Fsp3) is 0.391. The van der Waals surface area contributed by atoms with Crippen molar-refractivity contribution in [1.82, 2.24) is 10.2 Å². The van der Waals surface area contributed by atoms with Gasteiger partial charge in [-0.3, -0.25) is 9.69 Å². The Hall–Kier alpha value is -2.66. The van der Waals surface area contributed by atoms with Crippen LogP contribution in [-0.4, -0.2) is 40.5 Å². The van der Waals surface area contributed by atoms with E-state index in [9.17, 15) is 9.59 Å². The Morgan fingerprint density at radius 3 is 2.43 bits per heavy atom. The van der Waals surface area contributed by atoms with Gasteiger partial charge < -0.3 is 10.4 Å². The summed E-state index contributed by atoms with van der Waals surface area (Å²) in [4.78, 5) is 25.6. The van der Waals surface area contributed by atoms with Crippen molar-refractivity contribution in [3.63, 3.8) is 0 Å². The van der Waals surface area contributed by atoms with Gasteiger partial charge in [-0.2, -0.15) is 0 Å². The van der Waals surface area contributed by atoms with E-state index >= 15 is 0 Å². The van der Waals surface area contributed by atoms with Crippen LogP contribution in [0.15, 0.2) is 48.5 Å². The highest BCUT2D eigenvalue weighted by molar-refractivity contribution is 5.87. The highest BCUT2D eigenvalue weighted by Crippen LogP contribution is 2.25. The number of aromatic carboxylic acids is 1. The lowest BCUT2D eigenvalue weighted by Gasteiger charge is -2.41. The molecule has 1 amide bonds. The summed E-state index contributed by atoms with van der Waals surface area (Å²) < 4.78 is 0. The Labute approximate surface area is 166 Å². The molecule has 0 aliphatic carbocycles. The third-order valence-electron chi connectivity index (χ3n) is 5.55. The fourth-order valence-electron chi connectivity index (χ4n) is 3.60. The average molecular weight is 380 g/mol. The van der Waals surface area contributed by atoms with E-state index in [4.69, 9.17) is 5.11 Å². The third-order valence-corrected chi connectivity index (χ3v) is 5.55. The molecule has 2 aromatic rings. The fourth-order valence-corrected chi connectivity index (χ4v) is 3.60. The van der Waals surface area contributed by atoms with Crippen molar-refractivity contribution in [3.8, 4) is 0 Å². The lowest BCUT2D eigenvalue weighted by molar-refractivity contribution is -0.121. The Balaban J connectivity index is 1.47. The molecule has 0 bridgehead atoms. The van der Waals surface area contributed by atoms with Crippen molar-refractivity contribution < 1.29 is 14.7 Å². The molecule has 0 fully saturated rings. The van der Waals surface area contributed by atoms with Crippen molar-refractivity contribution in [3.05, 3.63) is 70.8 Å². The van der Waals surface area contributed by atoms with Gasteiger partial charge in [-0.25, -0.2) is 4.79 Å². The van der Waals surface area contributed by atoms with E-state index < -0.39 is 5.97 Å². The standard InChI is InChI=1S/C23H28N2O3/c1-23(2,25-14-13-18-5-3-4-6-20(18)15-25)16-24-21(26)12-9-17-7-10-19(11-8-17)22(27)28/h3-8,10-11H,9,12-16H2,1-2H3,(H,24,26)(H,27,28). The SMILES string of the molecule is CC(C)(CNC(=O)CCc1ccc(C(=O)O)cc1)N1CCc2ccccc2C1. The van der Waals surface area contributed by atoms with Crippen LogP contribution in [0.1, 0.15) is 47.3 Å². The normalized spacial score (nSPS) is 14.4. The summed E-state index contributed by atoms with van der Waals surface area (Å²) in [7, 11) is 0. The molecular formula is C23H28N2O3. The number of carboxylic acid groups (broad SMARTS) is 1. The van der Waals surface area contributed by atoms with E-state index in [1.165, 1.54) is 11.1 Å². The average Bonchev–Trinajstić information content (AvgIpc) is 2.70. The van der Waals surface area contributed by atoms with Crippen LogP contribution in [0.5, 0.6) is 0 Å². The monoisotopic (exact) mass is 380 g/mol. The van der Waals surface area contributed by atoms with Crippen molar-refractivity contribution in [2.45, 2.75) is 45.2 Å². The molecule has 0 saturated heterocycles. The molecule has 1 heterocycles. The van der Waals surface area contributed by atoms with Gasteiger partial charge in [0, 0.05) is 31.6 Å². The van der Waals surface area contributed by atoms with Gasteiger partial charge in [0.25, 0.3) is 0 Å². The Morgan fingerprint density at radius 2 is 1.75 bits per heavy atom. The van der Waals surface area contributed by atoms with Crippen molar-refractivity contribution in [2.75, 3.05) is 13.1 Å². The second kappa shape index (κ2) is 8.57. The number of carbonyl (C=O) groups is 2. The topological polar surface area (TPSA) is 69.6 Å². The maximum atomic E-state index is 12.3. The number of hydrogen-bond acceptors (Lipinski definition) is 3. The molecule has 5 heteroatoms. The van der Waals surface area contributed by atoms with E-state index in [1.54, 1.807) is 24.3 Å². The molecule has 2 aromatic carbocycles. The highest BCUT2D eigenvalue weighted by atomic mass is 16.4. The smallest absolute Gasteiger partial charge is 0.335 e. The van der Waals surface area contributed by atoms with Gasteiger partial charge in [-0.05, 0) is 55.5 Å². The third kappa shape index (κ3) is 4.98. The first kappa shape index (κ1) is 20.1. The number of nitrogens with one attached hydrogen (secondary N) is 1. The molecule has 0 radical (unpaired) electrons. The van der Waals surface area contributed by atoms with Gasteiger partial charge in [-0.1, -0.05) is 36.4 Å². The molecule has 5 nitrogen and oxygen atoms in total. The van der Waals surface area contributed by atoms with Crippen LogP contribution in [0.25, 0.3) is 0 Å². The molecular weight excluding hydrogens is 352 g/mol. The molecule has 0 saturated carbocycles. The molecule has 0 aromatic heterocycles. The zero-order valence-electron chi connectivity index (χ0n) is 16.6. The molecule has 0 atom stereocenters. The van der Waals surface area contributed by atoms with Gasteiger partial charge in [0.1, 0.15) is 0 Å². The Kier molecular flexibility index (Phi) is 6.15. The zero-order chi connectivity index (χ0) is 20.1. The molecule has 2 N–H and O–H groups in total. The number of rotatable bonds is 7. The second-order valence-electron chi connectivity index (χ2n) is 8.03. The van der Waals surface area contributed by atoms with Crippen LogP contribution in [0.2, 0.25) is 0 Å². The van der Waals surface area contributed by atoms with Crippen molar-refractivity contribution in [1.29, 1.82) is 0 Å². The lowest BCUT2D eigenvalue weighted by atomic mass is 9.94. The summed E-state index contributed by atoms with van der Waals surface area (Å²) in [5.41, 5.74) is 3.90. The Bertz CT molecular complexity index is 843. The molecule has 28 heavy (non-hydrogen) atoms. The number of fused-ring (bicyclic) bond motifs is 1. The summed E-state index contributed by atoms with van der Waals surface area (Å²) in [5, 5.41) is 12.0. The van der Waals surface area contributed by atoms with Crippen LogP contribution in [-0.2, 0) is 24.2 Å². The van der Waals surface area contributed by atoms with Gasteiger partial charge in [-0.15, -0.1) is 0 Å². The number of aryl methyl sites for hydroxylation is 1. The summed E-state index contributed by atoms with van der Waals surface area (Å²) in [6.07, 6.45) is 2.04. The molecule has 3 rings (SSSR count). The minimum absolute atomic E-state index is 0.0211. The molecule has 0 unspecified atom stereocenters. The number of carboxylic acids is 1. The lowest BCUT2D eigenvalue weighted by Crippen LogP contribution is -2.53. The van der Waals surface area contributed by atoms with E-state index in [-0.39, 0.29) is 17.0 Å². The number of benzene rings is 2. The first-order valence-corrected chi connectivity index (χ1v) is 9.76. The summed E-state index contributed by atoms with van der Waals surface area (Å²) in [6.45, 7) is 6.86. The van der Waals surface area contributed by atoms with E-state index in [0.29, 0.717) is 19.4 Å². The quantitative estimate of drug-likeness (QED) is 0.773. The highest BCUT2D eigenvalue weighted by Gasteiger charge is 2.29. The zero-order valence-corrected chi connectivity index (χ0v) is 16.6. The van der Waals surface area contributed by atoms with Crippen LogP contribution in [0.3, 0.4) is 0 Å². The van der Waals surface area contributed by atoms with Crippen molar-refractivity contribution in [2.24, 2.45) is 0 Å². The van der Waals surface area contributed by atoms with Crippen LogP contribution in [0, 0.1) is 0 Å². The Morgan fingerprint density at radius 1 is 1.07 bits per heavy atom. The summed E-state index contributed by atoms with van der Waals surface area (Å²) >= 11 is 0. The first-order chi connectivity index (χ1) is 13.3. The minimum atomic E-state index is -0.938. The molecule has 1 aliphatic heterocycles. The molecule has 148 valence electrons. The summed E-state index contributed by atoms with van der Waals surface area (Å²) in [6, 6.07) is 15.3.